The molecule has 0 spiro atoms. The fourth-order valence-corrected chi connectivity index (χ4v) is 3.14. The molecule has 2 aromatic carbocycles. The lowest BCUT2D eigenvalue weighted by molar-refractivity contribution is 0.0931. The molecule has 4 rings (SSSR count). The first-order valence-electron chi connectivity index (χ1n) is 7.81. The van der Waals surface area contributed by atoms with E-state index in [9.17, 15) is 4.79 Å². The molecular weight excluding hydrogens is 286 g/mol. The molecule has 0 bridgehead atoms. The molecule has 3 aromatic rings. The number of nitrogens with zero attached hydrogens (tertiary/aromatic N) is 1. The molecule has 1 amide bonds. The lowest BCUT2D eigenvalue weighted by Crippen LogP contribution is -2.27. The van der Waals surface area contributed by atoms with E-state index in [1.54, 1.807) is 6.07 Å². The second kappa shape index (κ2) is 5.72. The molecule has 4 nitrogen and oxygen atoms in total. The first kappa shape index (κ1) is 13.8. The lowest BCUT2D eigenvalue weighted by atomic mass is 10.1. The van der Waals surface area contributed by atoms with Crippen molar-refractivity contribution >= 4 is 5.91 Å². The first-order valence-corrected chi connectivity index (χ1v) is 7.81. The SMILES string of the molecule is O=C(N[C@H]1CCc2ccccc21)c1cc(-c2ccccc2)n[nH]1. The first-order chi connectivity index (χ1) is 11.3. The Balaban J connectivity index is 1.52. The zero-order valence-corrected chi connectivity index (χ0v) is 12.6. The van der Waals surface area contributed by atoms with Crippen molar-refractivity contribution in [2.24, 2.45) is 0 Å². The molecule has 0 saturated carbocycles. The number of nitrogens with one attached hydrogen (secondary N) is 2. The minimum Gasteiger partial charge on any atom is -0.344 e. The Hall–Kier alpha value is -2.88. The Morgan fingerprint density at radius 1 is 1.09 bits per heavy atom. The molecule has 1 aliphatic rings. The molecule has 0 radical (unpaired) electrons. The van der Waals surface area contributed by atoms with Gasteiger partial charge >= 0.3 is 0 Å². The molecular formula is C19H17N3O. The molecule has 4 heteroatoms. The summed E-state index contributed by atoms with van der Waals surface area (Å²) >= 11 is 0. The standard InChI is InChI=1S/C19H17N3O/c23-19(20-16-11-10-13-6-4-5-9-15(13)16)18-12-17(21-22-18)14-7-2-1-3-8-14/h1-9,12,16H,10-11H2,(H,20,23)(H,21,22)/t16-/m0/s1. The summed E-state index contributed by atoms with van der Waals surface area (Å²) in [5, 5.41) is 10.2. The maximum absolute atomic E-state index is 12.5. The van der Waals surface area contributed by atoms with Crippen molar-refractivity contribution in [2.45, 2.75) is 18.9 Å². The van der Waals surface area contributed by atoms with Crippen molar-refractivity contribution in [1.82, 2.24) is 15.5 Å². The average molecular weight is 303 g/mol. The maximum Gasteiger partial charge on any atom is 0.269 e. The van der Waals surface area contributed by atoms with Gasteiger partial charge in [0, 0.05) is 5.56 Å². The van der Waals surface area contributed by atoms with Gasteiger partial charge in [0.15, 0.2) is 0 Å². The Bertz CT molecular complexity index is 839. The minimum absolute atomic E-state index is 0.0853. The number of carbonyl (C=O) groups excluding carboxylic acids is 1. The number of aromatic nitrogens is 2. The van der Waals surface area contributed by atoms with E-state index in [4.69, 9.17) is 0 Å². The third kappa shape index (κ3) is 2.63. The van der Waals surface area contributed by atoms with Crippen molar-refractivity contribution in [3.05, 3.63) is 77.5 Å². The Labute approximate surface area is 134 Å². The molecule has 0 fully saturated rings. The van der Waals surface area contributed by atoms with E-state index in [1.165, 1.54) is 11.1 Å². The van der Waals surface area contributed by atoms with Gasteiger partial charge in [0.2, 0.25) is 0 Å². The number of rotatable bonds is 3. The van der Waals surface area contributed by atoms with Crippen LogP contribution in [0.4, 0.5) is 0 Å². The minimum atomic E-state index is -0.110. The number of aryl methyl sites for hydroxylation is 1. The van der Waals surface area contributed by atoms with Crippen LogP contribution < -0.4 is 5.32 Å². The molecule has 0 aliphatic heterocycles. The lowest BCUT2D eigenvalue weighted by Gasteiger charge is -2.13. The van der Waals surface area contributed by atoms with E-state index in [-0.39, 0.29) is 11.9 Å². The summed E-state index contributed by atoms with van der Waals surface area (Å²) in [5.74, 6) is -0.110. The normalized spacial score (nSPS) is 16.1. The summed E-state index contributed by atoms with van der Waals surface area (Å²) in [7, 11) is 0. The van der Waals surface area contributed by atoms with Gasteiger partial charge in [0.25, 0.3) is 5.91 Å². The predicted molar refractivity (Wildman–Crippen MR) is 89.0 cm³/mol. The van der Waals surface area contributed by atoms with Crippen LogP contribution in [0.3, 0.4) is 0 Å². The van der Waals surface area contributed by atoms with Crippen LogP contribution in [0.1, 0.15) is 34.1 Å². The number of H-pyrrole nitrogens is 1. The van der Waals surface area contributed by atoms with Gasteiger partial charge < -0.3 is 5.32 Å². The highest BCUT2D eigenvalue weighted by Crippen LogP contribution is 2.30. The van der Waals surface area contributed by atoms with Crippen LogP contribution in [0.25, 0.3) is 11.3 Å². The van der Waals surface area contributed by atoms with Gasteiger partial charge in [-0.2, -0.15) is 5.10 Å². The highest BCUT2D eigenvalue weighted by molar-refractivity contribution is 5.93. The van der Waals surface area contributed by atoms with Crippen LogP contribution >= 0.6 is 0 Å². The number of aromatic amines is 1. The van der Waals surface area contributed by atoms with Gasteiger partial charge in [-0.3, -0.25) is 9.89 Å². The largest absolute Gasteiger partial charge is 0.344 e. The van der Waals surface area contributed by atoms with Crippen LogP contribution in [0, 0.1) is 0 Å². The number of benzene rings is 2. The molecule has 0 unspecified atom stereocenters. The van der Waals surface area contributed by atoms with E-state index in [2.05, 4.69) is 27.6 Å². The third-order valence-corrected chi connectivity index (χ3v) is 4.33. The van der Waals surface area contributed by atoms with Crippen LogP contribution in [0.5, 0.6) is 0 Å². The monoisotopic (exact) mass is 303 g/mol. The Morgan fingerprint density at radius 3 is 2.74 bits per heavy atom. The fraction of sp³-hybridized carbons (Fsp3) is 0.158. The molecule has 1 aliphatic carbocycles. The topological polar surface area (TPSA) is 57.8 Å². The summed E-state index contributed by atoms with van der Waals surface area (Å²) in [6.45, 7) is 0. The van der Waals surface area contributed by atoms with Gasteiger partial charge in [-0.05, 0) is 30.0 Å². The number of carbonyl (C=O) groups is 1. The quantitative estimate of drug-likeness (QED) is 0.778. The summed E-state index contributed by atoms with van der Waals surface area (Å²) in [6.07, 6.45) is 1.96. The highest BCUT2D eigenvalue weighted by atomic mass is 16.2. The molecule has 1 atom stereocenters. The van der Waals surface area contributed by atoms with E-state index < -0.39 is 0 Å². The molecule has 23 heavy (non-hydrogen) atoms. The molecule has 114 valence electrons. The van der Waals surface area contributed by atoms with Crippen molar-refractivity contribution < 1.29 is 4.79 Å². The van der Waals surface area contributed by atoms with Crippen LogP contribution in [-0.4, -0.2) is 16.1 Å². The maximum atomic E-state index is 12.5. The summed E-state index contributed by atoms with van der Waals surface area (Å²) < 4.78 is 0. The Kier molecular flexibility index (Phi) is 3.42. The molecule has 0 saturated heterocycles. The zero-order chi connectivity index (χ0) is 15.6. The van der Waals surface area contributed by atoms with Gasteiger partial charge in [0.05, 0.1) is 11.7 Å². The van der Waals surface area contributed by atoms with Crippen LogP contribution in [0.2, 0.25) is 0 Å². The van der Waals surface area contributed by atoms with E-state index in [1.807, 2.05) is 42.5 Å². The summed E-state index contributed by atoms with van der Waals surface area (Å²) in [5.41, 5.74) is 4.82. The highest BCUT2D eigenvalue weighted by Gasteiger charge is 2.24. The van der Waals surface area contributed by atoms with Crippen LogP contribution in [0.15, 0.2) is 60.7 Å². The number of fused-ring (bicyclic) bond motifs is 1. The van der Waals surface area contributed by atoms with Gasteiger partial charge in [0.1, 0.15) is 5.69 Å². The second-order valence-electron chi connectivity index (χ2n) is 5.80. The van der Waals surface area contributed by atoms with E-state index in [0.717, 1.165) is 24.1 Å². The third-order valence-electron chi connectivity index (χ3n) is 4.33. The second-order valence-corrected chi connectivity index (χ2v) is 5.80. The van der Waals surface area contributed by atoms with Crippen molar-refractivity contribution in [1.29, 1.82) is 0 Å². The zero-order valence-electron chi connectivity index (χ0n) is 12.6. The number of hydrogen-bond acceptors (Lipinski definition) is 2. The van der Waals surface area contributed by atoms with E-state index >= 15 is 0 Å². The van der Waals surface area contributed by atoms with Crippen molar-refractivity contribution in [3.8, 4) is 11.3 Å². The van der Waals surface area contributed by atoms with Gasteiger partial charge in [-0.25, -0.2) is 0 Å². The Morgan fingerprint density at radius 2 is 1.87 bits per heavy atom. The number of hydrogen-bond donors (Lipinski definition) is 2. The molecule has 2 N–H and O–H groups in total. The fourth-order valence-electron chi connectivity index (χ4n) is 3.14. The smallest absolute Gasteiger partial charge is 0.269 e. The number of amides is 1. The van der Waals surface area contributed by atoms with Crippen LogP contribution in [-0.2, 0) is 6.42 Å². The summed E-state index contributed by atoms with van der Waals surface area (Å²) in [6, 6.07) is 20.0. The van der Waals surface area contributed by atoms with Gasteiger partial charge in [-0.15, -0.1) is 0 Å². The van der Waals surface area contributed by atoms with Crippen molar-refractivity contribution in [3.63, 3.8) is 0 Å². The van der Waals surface area contributed by atoms with Gasteiger partial charge in [-0.1, -0.05) is 54.6 Å². The average Bonchev–Trinajstić information content (AvgIpc) is 3.24. The predicted octanol–water partition coefficient (Wildman–Crippen LogP) is 3.49. The van der Waals surface area contributed by atoms with Crippen molar-refractivity contribution in [2.75, 3.05) is 0 Å². The summed E-state index contributed by atoms with van der Waals surface area (Å²) in [4.78, 5) is 12.5. The van der Waals surface area contributed by atoms with E-state index in [0.29, 0.717) is 5.69 Å². The molecule has 1 heterocycles. The molecule has 1 aromatic heterocycles.